The molecule has 1 aliphatic heterocycles. The van der Waals surface area contributed by atoms with E-state index in [2.05, 4.69) is 5.16 Å². The molecule has 0 atom stereocenters. The molecule has 0 radical (unpaired) electrons. The summed E-state index contributed by atoms with van der Waals surface area (Å²) in [6.45, 7) is 5.96. The minimum absolute atomic E-state index is 0.0287. The van der Waals surface area contributed by atoms with Gasteiger partial charge in [-0.05, 0) is 43.7 Å². The van der Waals surface area contributed by atoms with E-state index in [0.29, 0.717) is 11.4 Å². The van der Waals surface area contributed by atoms with Crippen LogP contribution in [0.25, 0.3) is 10.8 Å². The van der Waals surface area contributed by atoms with Crippen LogP contribution >= 0.6 is 0 Å². The molecular formula is C17H18N2O2. The standard InChI is InChI=1S/C17H18N2O2/c1-17(2,3)19-15(18-21-4)13-9-11-7-5-6-8-12(11)10-14(13)16(19)20/h5-10H,1-4H3/b18-15+. The van der Waals surface area contributed by atoms with Crippen molar-refractivity contribution in [1.82, 2.24) is 4.90 Å². The molecule has 108 valence electrons. The highest BCUT2D eigenvalue weighted by Gasteiger charge is 2.41. The van der Waals surface area contributed by atoms with Gasteiger partial charge in [0.15, 0.2) is 5.84 Å². The number of carbonyl (C=O) groups excluding carboxylic acids is 1. The Labute approximate surface area is 124 Å². The Kier molecular flexibility index (Phi) is 2.97. The van der Waals surface area contributed by atoms with Crippen LogP contribution in [0.4, 0.5) is 0 Å². The van der Waals surface area contributed by atoms with E-state index in [4.69, 9.17) is 4.84 Å². The molecule has 0 aliphatic carbocycles. The van der Waals surface area contributed by atoms with Crippen LogP contribution in [-0.4, -0.2) is 29.3 Å². The second-order valence-corrected chi connectivity index (χ2v) is 6.15. The van der Waals surface area contributed by atoms with Gasteiger partial charge in [0.1, 0.15) is 7.11 Å². The summed E-state index contributed by atoms with van der Waals surface area (Å²) in [5.74, 6) is 0.551. The first kappa shape index (κ1) is 13.6. The molecule has 0 aromatic heterocycles. The van der Waals surface area contributed by atoms with Crippen molar-refractivity contribution in [3.8, 4) is 0 Å². The Balaban J connectivity index is 2.28. The number of hydrogen-bond donors (Lipinski definition) is 0. The molecule has 21 heavy (non-hydrogen) atoms. The number of oxime groups is 1. The average Bonchev–Trinajstić information content (AvgIpc) is 2.69. The molecule has 4 nitrogen and oxygen atoms in total. The van der Waals surface area contributed by atoms with Crippen LogP contribution in [-0.2, 0) is 4.84 Å². The van der Waals surface area contributed by atoms with Gasteiger partial charge in [0.05, 0.1) is 5.56 Å². The van der Waals surface area contributed by atoms with Crippen LogP contribution in [0.1, 0.15) is 36.7 Å². The number of nitrogens with zero attached hydrogens (tertiary/aromatic N) is 2. The minimum Gasteiger partial charge on any atom is -0.397 e. The van der Waals surface area contributed by atoms with Crippen LogP contribution in [0.2, 0.25) is 0 Å². The molecule has 0 bridgehead atoms. The highest BCUT2D eigenvalue weighted by molar-refractivity contribution is 6.25. The number of fused-ring (bicyclic) bond motifs is 2. The highest BCUT2D eigenvalue weighted by atomic mass is 16.6. The van der Waals surface area contributed by atoms with Crippen molar-refractivity contribution in [2.24, 2.45) is 5.16 Å². The number of hydrogen-bond acceptors (Lipinski definition) is 3. The lowest BCUT2D eigenvalue weighted by atomic mass is 10.0. The lowest BCUT2D eigenvalue weighted by Crippen LogP contribution is -2.45. The predicted molar refractivity (Wildman–Crippen MR) is 83.4 cm³/mol. The number of rotatable bonds is 1. The monoisotopic (exact) mass is 282 g/mol. The molecule has 4 heteroatoms. The summed E-state index contributed by atoms with van der Waals surface area (Å²) >= 11 is 0. The van der Waals surface area contributed by atoms with E-state index in [1.54, 1.807) is 4.90 Å². The Morgan fingerprint density at radius 3 is 2.14 bits per heavy atom. The smallest absolute Gasteiger partial charge is 0.260 e. The van der Waals surface area contributed by atoms with Crippen molar-refractivity contribution in [3.63, 3.8) is 0 Å². The minimum atomic E-state index is -0.361. The van der Waals surface area contributed by atoms with Crippen LogP contribution in [0.3, 0.4) is 0 Å². The number of benzene rings is 2. The van der Waals surface area contributed by atoms with Gasteiger partial charge >= 0.3 is 0 Å². The van der Waals surface area contributed by atoms with Gasteiger partial charge < -0.3 is 4.84 Å². The van der Waals surface area contributed by atoms with E-state index in [-0.39, 0.29) is 11.4 Å². The molecule has 0 saturated carbocycles. The average molecular weight is 282 g/mol. The molecule has 0 saturated heterocycles. The van der Waals surface area contributed by atoms with Crippen molar-refractivity contribution < 1.29 is 9.63 Å². The van der Waals surface area contributed by atoms with Crippen molar-refractivity contribution in [2.45, 2.75) is 26.3 Å². The summed E-state index contributed by atoms with van der Waals surface area (Å²) in [6, 6.07) is 11.9. The first-order valence-electron chi connectivity index (χ1n) is 6.92. The van der Waals surface area contributed by atoms with E-state index < -0.39 is 0 Å². The second-order valence-electron chi connectivity index (χ2n) is 6.15. The first-order valence-corrected chi connectivity index (χ1v) is 6.92. The maximum Gasteiger partial charge on any atom is 0.260 e. The third-order valence-corrected chi connectivity index (χ3v) is 3.62. The summed E-state index contributed by atoms with van der Waals surface area (Å²) in [4.78, 5) is 19.4. The van der Waals surface area contributed by atoms with Gasteiger partial charge in [-0.15, -0.1) is 0 Å². The zero-order valence-corrected chi connectivity index (χ0v) is 12.7. The summed E-state index contributed by atoms with van der Waals surface area (Å²) in [5.41, 5.74) is 1.15. The molecule has 3 rings (SSSR count). The third kappa shape index (κ3) is 2.07. The molecule has 0 unspecified atom stereocenters. The van der Waals surface area contributed by atoms with Gasteiger partial charge in [-0.2, -0.15) is 0 Å². The largest absolute Gasteiger partial charge is 0.397 e. The van der Waals surface area contributed by atoms with Crippen LogP contribution in [0.15, 0.2) is 41.6 Å². The molecule has 0 fully saturated rings. The Morgan fingerprint density at radius 2 is 1.62 bits per heavy atom. The predicted octanol–water partition coefficient (Wildman–Crippen LogP) is 3.40. The SMILES string of the molecule is CO/N=C1\c2cc3ccccc3cc2C(=O)N1C(C)(C)C. The van der Waals surface area contributed by atoms with Gasteiger partial charge in [-0.3, -0.25) is 9.69 Å². The van der Waals surface area contributed by atoms with Gasteiger partial charge in [0.2, 0.25) is 0 Å². The molecule has 0 spiro atoms. The first-order chi connectivity index (χ1) is 9.93. The summed E-state index contributed by atoms with van der Waals surface area (Å²) in [7, 11) is 1.50. The van der Waals surface area contributed by atoms with Crippen molar-refractivity contribution in [1.29, 1.82) is 0 Å². The lowest BCUT2D eigenvalue weighted by Gasteiger charge is -2.31. The fourth-order valence-corrected chi connectivity index (χ4v) is 2.74. The van der Waals surface area contributed by atoms with Gasteiger partial charge in [-0.1, -0.05) is 29.4 Å². The number of amidine groups is 1. The summed E-state index contributed by atoms with van der Waals surface area (Å²) < 4.78 is 0. The Morgan fingerprint density at radius 1 is 1.05 bits per heavy atom. The molecule has 2 aromatic rings. The van der Waals surface area contributed by atoms with Crippen molar-refractivity contribution in [2.75, 3.05) is 7.11 Å². The quantitative estimate of drug-likeness (QED) is 0.752. The van der Waals surface area contributed by atoms with Crippen molar-refractivity contribution in [3.05, 3.63) is 47.5 Å². The Hall–Kier alpha value is -2.36. The Bertz CT molecular complexity index is 757. The molecule has 1 amide bonds. The third-order valence-electron chi connectivity index (χ3n) is 3.62. The second kappa shape index (κ2) is 4.58. The molecule has 0 N–H and O–H groups in total. The maximum atomic E-state index is 12.8. The summed E-state index contributed by atoms with van der Waals surface area (Å²) in [5, 5.41) is 6.23. The van der Waals surface area contributed by atoms with E-state index in [0.717, 1.165) is 16.3 Å². The highest BCUT2D eigenvalue weighted by Crippen LogP contribution is 2.32. The van der Waals surface area contributed by atoms with Gasteiger partial charge in [0.25, 0.3) is 5.91 Å². The molecule has 2 aromatic carbocycles. The molecule has 1 aliphatic rings. The zero-order chi connectivity index (χ0) is 15.2. The molecule has 1 heterocycles. The molecular weight excluding hydrogens is 264 g/mol. The number of amides is 1. The zero-order valence-electron chi connectivity index (χ0n) is 12.7. The maximum absolute atomic E-state index is 12.8. The van der Waals surface area contributed by atoms with Crippen LogP contribution in [0, 0.1) is 0 Å². The van der Waals surface area contributed by atoms with E-state index in [1.807, 2.05) is 57.2 Å². The van der Waals surface area contributed by atoms with Crippen LogP contribution < -0.4 is 0 Å². The lowest BCUT2D eigenvalue weighted by molar-refractivity contribution is 0.0756. The van der Waals surface area contributed by atoms with Crippen molar-refractivity contribution >= 4 is 22.5 Å². The topological polar surface area (TPSA) is 41.9 Å². The normalized spacial score (nSPS) is 16.7. The fraction of sp³-hybridized carbons (Fsp3) is 0.294. The van der Waals surface area contributed by atoms with E-state index >= 15 is 0 Å². The number of carbonyl (C=O) groups is 1. The van der Waals surface area contributed by atoms with Gasteiger partial charge in [-0.25, -0.2) is 0 Å². The van der Waals surface area contributed by atoms with Gasteiger partial charge in [0, 0.05) is 11.1 Å². The van der Waals surface area contributed by atoms with E-state index in [1.165, 1.54) is 7.11 Å². The summed E-state index contributed by atoms with van der Waals surface area (Å²) in [6.07, 6.45) is 0. The fourth-order valence-electron chi connectivity index (χ4n) is 2.74. The van der Waals surface area contributed by atoms with E-state index in [9.17, 15) is 4.79 Å². The van der Waals surface area contributed by atoms with Crippen LogP contribution in [0.5, 0.6) is 0 Å².